The van der Waals surface area contributed by atoms with Gasteiger partial charge in [-0.2, -0.15) is 13.2 Å². The van der Waals surface area contributed by atoms with E-state index in [4.69, 9.17) is 19.6 Å². The largest absolute Gasteiger partial charge is 0.494 e. The minimum atomic E-state index is -5.08. The molecular formula is C32H41F3N4O3. The van der Waals surface area contributed by atoms with E-state index in [-0.39, 0.29) is 0 Å². The topological polar surface area (TPSA) is 69.1 Å². The quantitative estimate of drug-likeness (QED) is 0.318. The zero-order chi connectivity index (χ0) is 30.0. The smallest absolute Gasteiger partial charge is 0.490 e. The van der Waals surface area contributed by atoms with Crippen LogP contribution in [0, 0.1) is 6.92 Å². The van der Waals surface area contributed by atoms with Crippen molar-refractivity contribution < 1.29 is 27.8 Å². The van der Waals surface area contributed by atoms with Crippen LogP contribution in [0.2, 0.25) is 0 Å². The van der Waals surface area contributed by atoms with Crippen molar-refractivity contribution in [3.8, 4) is 5.75 Å². The van der Waals surface area contributed by atoms with Crippen molar-refractivity contribution in [2.75, 3.05) is 63.9 Å². The minimum absolute atomic E-state index is 0.811. The lowest BCUT2D eigenvalue weighted by Crippen LogP contribution is -2.47. The van der Waals surface area contributed by atoms with Crippen molar-refractivity contribution in [2.24, 2.45) is 0 Å². The van der Waals surface area contributed by atoms with Crippen molar-refractivity contribution >= 4 is 22.6 Å². The summed E-state index contributed by atoms with van der Waals surface area (Å²) in [5.74, 6) is -1.74. The predicted molar refractivity (Wildman–Crippen MR) is 159 cm³/mol. The van der Waals surface area contributed by atoms with Gasteiger partial charge in [0.1, 0.15) is 5.75 Å². The van der Waals surface area contributed by atoms with Crippen LogP contribution in [0.5, 0.6) is 5.75 Å². The van der Waals surface area contributed by atoms with E-state index in [2.05, 4.69) is 76.2 Å². The number of fused-ring (bicyclic) bond motifs is 1. The Balaban J connectivity index is 0.000000517. The van der Waals surface area contributed by atoms with Gasteiger partial charge in [0.15, 0.2) is 0 Å². The highest BCUT2D eigenvalue weighted by Crippen LogP contribution is 2.27. The number of nitrogens with zero attached hydrogens (tertiary/aromatic N) is 4. The first kappa shape index (κ1) is 31.6. The molecular weight excluding hydrogens is 545 g/mol. The van der Waals surface area contributed by atoms with Crippen LogP contribution < -0.4 is 9.64 Å². The normalized spacial score (nSPS) is 16.6. The third-order valence-corrected chi connectivity index (χ3v) is 7.73. The van der Waals surface area contributed by atoms with E-state index in [1.165, 1.54) is 55.5 Å². The van der Waals surface area contributed by atoms with Gasteiger partial charge in [0, 0.05) is 56.0 Å². The molecule has 2 saturated heterocycles. The molecule has 0 amide bonds. The lowest BCUT2D eigenvalue weighted by atomic mass is 10.1. The van der Waals surface area contributed by atoms with Crippen LogP contribution in [0.4, 0.5) is 18.9 Å². The number of aliphatic carboxylic acids is 1. The summed E-state index contributed by atoms with van der Waals surface area (Å²) < 4.78 is 37.8. The number of hydrogen-bond donors (Lipinski definition) is 1. The molecule has 0 saturated carbocycles. The summed E-state index contributed by atoms with van der Waals surface area (Å²) in [5, 5.41) is 8.39. The number of benzene rings is 2. The number of piperidine rings is 1. The summed E-state index contributed by atoms with van der Waals surface area (Å²) in [5.41, 5.74) is 4.89. The fourth-order valence-corrected chi connectivity index (χ4v) is 5.50. The monoisotopic (exact) mass is 586 g/mol. The van der Waals surface area contributed by atoms with E-state index >= 15 is 0 Å². The molecule has 0 unspecified atom stereocenters. The number of halogens is 3. The maximum Gasteiger partial charge on any atom is 0.490 e. The molecule has 0 radical (unpaired) electrons. The number of alkyl halides is 3. The Morgan fingerprint density at radius 1 is 0.905 bits per heavy atom. The first-order chi connectivity index (χ1) is 20.2. The number of aryl methyl sites for hydroxylation is 1. The summed E-state index contributed by atoms with van der Waals surface area (Å²) in [6.45, 7) is 12.0. The molecule has 42 heavy (non-hydrogen) atoms. The number of hydrogen-bond acceptors (Lipinski definition) is 6. The number of para-hydroxylation sites is 1. The van der Waals surface area contributed by atoms with E-state index in [1.54, 1.807) is 0 Å². The molecule has 1 aromatic heterocycles. The van der Waals surface area contributed by atoms with E-state index in [0.29, 0.717) is 0 Å². The first-order valence-corrected chi connectivity index (χ1v) is 14.8. The molecule has 2 aliphatic rings. The maximum atomic E-state index is 10.6. The first-order valence-electron chi connectivity index (χ1n) is 14.8. The molecule has 2 fully saturated rings. The molecule has 5 rings (SSSR count). The highest BCUT2D eigenvalue weighted by Gasteiger charge is 2.38. The summed E-state index contributed by atoms with van der Waals surface area (Å²) in [6.07, 6.45) is 1.22. The molecule has 7 nitrogen and oxygen atoms in total. The van der Waals surface area contributed by atoms with Gasteiger partial charge in [-0.3, -0.25) is 9.88 Å². The Hall–Kier alpha value is -3.37. The fourth-order valence-electron chi connectivity index (χ4n) is 5.50. The van der Waals surface area contributed by atoms with Gasteiger partial charge < -0.3 is 19.6 Å². The van der Waals surface area contributed by atoms with Crippen LogP contribution in [0.15, 0.2) is 54.6 Å². The Labute approximate surface area is 245 Å². The number of piperazine rings is 1. The van der Waals surface area contributed by atoms with Crippen LogP contribution >= 0.6 is 0 Å². The Kier molecular flexibility index (Phi) is 11.4. The number of carboxylic acids is 1. The number of carboxylic acid groups (broad SMARTS) is 1. The van der Waals surface area contributed by atoms with Gasteiger partial charge in [-0.1, -0.05) is 36.8 Å². The highest BCUT2D eigenvalue weighted by atomic mass is 19.4. The number of rotatable bonds is 9. The number of ether oxygens (including phenoxy) is 1. The Morgan fingerprint density at radius 2 is 1.60 bits per heavy atom. The summed E-state index contributed by atoms with van der Waals surface area (Å²) in [7, 11) is 0. The standard InChI is InChI=1S/C30H40N4O.C2HF3O2/c1-25-23-30(28-11-3-4-12-29(28)31-25)34-20-18-33(19-21-34)17-13-26-9-7-10-27(24-26)35-22-8-16-32-14-5-2-6-15-32;3-2(4,5)1(6)7/h3-4,7,9-12,23-24H,2,5-6,8,13-22H2,1H3;(H,6,7). The minimum Gasteiger partial charge on any atom is -0.494 e. The second kappa shape index (κ2) is 15.2. The summed E-state index contributed by atoms with van der Waals surface area (Å²) >= 11 is 0. The van der Waals surface area contributed by atoms with Crippen LogP contribution in [-0.2, 0) is 11.2 Å². The highest BCUT2D eigenvalue weighted by molar-refractivity contribution is 5.92. The van der Waals surface area contributed by atoms with Gasteiger partial charge in [-0.25, -0.2) is 4.79 Å². The average molecular weight is 587 g/mol. The lowest BCUT2D eigenvalue weighted by molar-refractivity contribution is -0.192. The number of likely N-dealkylation sites (tertiary alicyclic amines) is 1. The SMILES string of the molecule is Cc1cc(N2CCN(CCc3cccc(OCCCN4CCCCC4)c3)CC2)c2ccccc2n1.O=C(O)C(F)(F)F. The molecule has 3 heterocycles. The summed E-state index contributed by atoms with van der Waals surface area (Å²) in [6, 6.07) is 19.5. The van der Waals surface area contributed by atoms with E-state index < -0.39 is 12.1 Å². The van der Waals surface area contributed by atoms with Gasteiger partial charge in [-0.15, -0.1) is 0 Å². The van der Waals surface area contributed by atoms with E-state index in [0.717, 1.165) is 69.1 Å². The molecule has 0 bridgehead atoms. The zero-order valence-corrected chi connectivity index (χ0v) is 24.3. The Morgan fingerprint density at radius 3 is 2.31 bits per heavy atom. The maximum absolute atomic E-state index is 10.6. The second-order valence-electron chi connectivity index (χ2n) is 10.9. The van der Waals surface area contributed by atoms with Gasteiger partial charge in [0.05, 0.1) is 12.1 Å². The van der Waals surface area contributed by atoms with Crippen molar-refractivity contribution in [2.45, 2.75) is 45.2 Å². The van der Waals surface area contributed by atoms with Crippen molar-refractivity contribution in [3.63, 3.8) is 0 Å². The Bertz CT molecular complexity index is 1290. The molecule has 0 spiro atoms. The molecule has 228 valence electrons. The summed E-state index contributed by atoms with van der Waals surface area (Å²) in [4.78, 5) is 21.3. The number of carbonyl (C=O) groups is 1. The van der Waals surface area contributed by atoms with Gasteiger partial charge in [0.25, 0.3) is 0 Å². The average Bonchev–Trinajstić information content (AvgIpc) is 2.99. The number of aromatic nitrogens is 1. The number of pyridine rings is 1. The fraction of sp³-hybridized carbons (Fsp3) is 0.500. The van der Waals surface area contributed by atoms with Gasteiger partial charge >= 0.3 is 12.1 Å². The van der Waals surface area contributed by atoms with Crippen LogP contribution in [0.25, 0.3) is 10.9 Å². The van der Waals surface area contributed by atoms with Crippen molar-refractivity contribution in [3.05, 3.63) is 65.9 Å². The molecule has 2 aliphatic heterocycles. The van der Waals surface area contributed by atoms with Crippen LogP contribution in [-0.4, -0.2) is 91.0 Å². The molecule has 3 aromatic rings. The van der Waals surface area contributed by atoms with E-state index in [1.807, 2.05) is 0 Å². The van der Waals surface area contributed by atoms with E-state index in [9.17, 15) is 13.2 Å². The second-order valence-corrected chi connectivity index (χ2v) is 10.9. The molecule has 0 aliphatic carbocycles. The molecule has 1 N–H and O–H groups in total. The third kappa shape index (κ3) is 9.59. The zero-order valence-electron chi connectivity index (χ0n) is 24.3. The van der Waals surface area contributed by atoms with Crippen molar-refractivity contribution in [1.29, 1.82) is 0 Å². The predicted octanol–water partition coefficient (Wildman–Crippen LogP) is 5.80. The molecule has 0 atom stereocenters. The van der Waals surface area contributed by atoms with Gasteiger partial charge in [-0.05, 0) is 75.5 Å². The molecule has 10 heteroatoms. The van der Waals surface area contributed by atoms with Gasteiger partial charge in [0.2, 0.25) is 0 Å². The molecule has 2 aromatic carbocycles. The lowest BCUT2D eigenvalue weighted by Gasteiger charge is -2.36. The third-order valence-electron chi connectivity index (χ3n) is 7.73. The van der Waals surface area contributed by atoms with Crippen molar-refractivity contribution in [1.82, 2.24) is 14.8 Å². The van der Waals surface area contributed by atoms with Crippen LogP contribution in [0.3, 0.4) is 0 Å². The van der Waals surface area contributed by atoms with Crippen LogP contribution in [0.1, 0.15) is 36.9 Å². The number of anilines is 1.